The predicted molar refractivity (Wildman–Crippen MR) is 60.3 cm³/mol. The van der Waals surface area contributed by atoms with Gasteiger partial charge in [0.1, 0.15) is 5.69 Å². The molecule has 0 aliphatic rings. The van der Waals surface area contributed by atoms with Crippen molar-refractivity contribution in [3.8, 4) is 11.5 Å². The Kier molecular flexibility index (Phi) is 2.90. The van der Waals surface area contributed by atoms with Crippen LogP contribution < -0.4 is 5.14 Å². The molecule has 8 heteroatoms. The van der Waals surface area contributed by atoms with E-state index < -0.39 is 10.0 Å². The summed E-state index contributed by atoms with van der Waals surface area (Å²) in [6.45, 7) is 2.18. The molecule has 0 aliphatic carbocycles. The van der Waals surface area contributed by atoms with Gasteiger partial charge < -0.3 is 0 Å². The normalized spacial score (nSPS) is 11.6. The molecule has 0 unspecified atom stereocenters. The molecule has 7 nitrogen and oxygen atoms in total. The lowest BCUT2D eigenvalue weighted by molar-refractivity contribution is 0.570. The summed E-state index contributed by atoms with van der Waals surface area (Å²) < 4.78 is 24.0. The molecule has 0 amide bonds. The van der Waals surface area contributed by atoms with Crippen LogP contribution in [0.25, 0.3) is 11.5 Å². The quantitative estimate of drug-likeness (QED) is 0.829. The first kappa shape index (κ1) is 11.7. The molecule has 2 aromatic rings. The van der Waals surface area contributed by atoms with Crippen molar-refractivity contribution in [3.05, 3.63) is 24.4 Å². The molecular formula is C9H11N5O2S. The number of hydrogen-bond donors (Lipinski definition) is 1. The number of sulfonamides is 1. The Morgan fingerprint density at radius 3 is 2.65 bits per heavy atom. The van der Waals surface area contributed by atoms with E-state index in [1.54, 1.807) is 31.3 Å². The zero-order valence-corrected chi connectivity index (χ0v) is 9.92. The Morgan fingerprint density at radius 2 is 2.12 bits per heavy atom. The molecular weight excluding hydrogens is 242 g/mol. The van der Waals surface area contributed by atoms with Crippen molar-refractivity contribution in [1.82, 2.24) is 19.7 Å². The lowest BCUT2D eigenvalue weighted by Gasteiger charge is -2.04. The molecule has 2 N–H and O–H groups in total. The third-order valence-corrected chi connectivity index (χ3v) is 2.99. The topological polar surface area (TPSA) is 104 Å². The Balaban J connectivity index is 2.62. The van der Waals surface area contributed by atoms with Crippen molar-refractivity contribution < 1.29 is 8.42 Å². The molecule has 0 radical (unpaired) electrons. The minimum Gasteiger partial charge on any atom is -0.296 e. The van der Waals surface area contributed by atoms with Crippen molar-refractivity contribution in [2.45, 2.75) is 18.6 Å². The van der Waals surface area contributed by atoms with Crippen LogP contribution in [0.5, 0.6) is 0 Å². The first-order valence-electron chi connectivity index (χ1n) is 4.91. The van der Waals surface area contributed by atoms with Crippen LogP contribution in [0, 0.1) is 0 Å². The summed E-state index contributed by atoms with van der Waals surface area (Å²) in [6.07, 6.45) is 1.60. The highest BCUT2D eigenvalue weighted by Gasteiger charge is 2.21. The average Bonchev–Trinajstić information content (AvgIpc) is 2.73. The zero-order chi connectivity index (χ0) is 12.5. The molecule has 0 fully saturated rings. The highest BCUT2D eigenvalue weighted by Crippen LogP contribution is 2.17. The summed E-state index contributed by atoms with van der Waals surface area (Å²) >= 11 is 0. The number of rotatable bonds is 3. The van der Waals surface area contributed by atoms with Gasteiger partial charge in [-0.3, -0.25) is 9.55 Å². The smallest absolute Gasteiger partial charge is 0.273 e. The largest absolute Gasteiger partial charge is 0.296 e. The standard InChI is InChI=1S/C9H11N5O2S/c1-2-14-8(7-5-3-4-6-11-7)12-13-9(14)17(10,15)16/h3-6H,2H2,1H3,(H2,10,15,16). The molecule has 0 spiro atoms. The van der Waals surface area contributed by atoms with Crippen molar-refractivity contribution in [2.24, 2.45) is 5.14 Å². The molecule has 2 aromatic heterocycles. The highest BCUT2D eigenvalue weighted by atomic mass is 32.2. The van der Waals surface area contributed by atoms with Gasteiger partial charge in [-0.05, 0) is 19.1 Å². The van der Waals surface area contributed by atoms with Crippen LogP contribution in [0.2, 0.25) is 0 Å². The first-order chi connectivity index (χ1) is 8.04. The van der Waals surface area contributed by atoms with Crippen molar-refractivity contribution in [1.29, 1.82) is 0 Å². The second-order valence-corrected chi connectivity index (χ2v) is 4.77. The number of primary sulfonamides is 1. The van der Waals surface area contributed by atoms with Crippen LogP contribution in [0.4, 0.5) is 0 Å². The molecule has 0 saturated heterocycles. The zero-order valence-electron chi connectivity index (χ0n) is 9.11. The SMILES string of the molecule is CCn1c(-c2ccccn2)nnc1S(N)(=O)=O. The lowest BCUT2D eigenvalue weighted by atomic mass is 10.3. The third-order valence-electron chi connectivity index (χ3n) is 2.18. The first-order valence-corrected chi connectivity index (χ1v) is 6.46. The summed E-state index contributed by atoms with van der Waals surface area (Å²) in [5.74, 6) is 0.386. The van der Waals surface area contributed by atoms with Crippen molar-refractivity contribution in [3.63, 3.8) is 0 Å². The molecule has 0 bridgehead atoms. The number of aromatic nitrogens is 4. The van der Waals surface area contributed by atoms with Gasteiger partial charge in [-0.15, -0.1) is 10.2 Å². The van der Waals surface area contributed by atoms with E-state index in [2.05, 4.69) is 15.2 Å². The van der Waals surface area contributed by atoms with Gasteiger partial charge in [0.15, 0.2) is 5.82 Å². The van der Waals surface area contributed by atoms with Gasteiger partial charge in [-0.2, -0.15) is 0 Å². The number of hydrogen-bond acceptors (Lipinski definition) is 5. The van der Waals surface area contributed by atoms with E-state index in [1.807, 2.05) is 0 Å². The summed E-state index contributed by atoms with van der Waals surface area (Å²) in [7, 11) is -3.87. The summed E-state index contributed by atoms with van der Waals surface area (Å²) in [5, 5.41) is 12.2. The number of nitrogens with zero attached hydrogens (tertiary/aromatic N) is 4. The van der Waals surface area contributed by atoms with E-state index in [0.29, 0.717) is 18.1 Å². The molecule has 0 atom stereocenters. The molecule has 90 valence electrons. The minimum absolute atomic E-state index is 0.249. The van der Waals surface area contributed by atoms with Gasteiger partial charge in [0.25, 0.3) is 15.2 Å². The van der Waals surface area contributed by atoms with E-state index in [0.717, 1.165) is 0 Å². The Bertz CT molecular complexity index is 620. The highest BCUT2D eigenvalue weighted by molar-refractivity contribution is 7.89. The predicted octanol–water partition coefficient (Wildman–Crippen LogP) is 0.00740. The van der Waals surface area contributed by atoms with Gasteiger partial charge in [0, 0.05) is 12.7 Å². The fraction of sp³-hybridized carbons (Fsp3) is 0.222. The molecule has 17 heavy (non-hydrogen) atoms. The Morgan fingerprint density at radius 1 is 1.35 bits per heavy atom. The molecule has 2 heterocycles. The summed E-state index contributed by atoms with van der Waals surface area (Å²) in [6, 6.07) is 5.27. The van der Waals surface area contributed by atoms with E-state index in [9.17, 15) is 8.42 Å². The van der Waals surface area contributed by atoms with Crippen LogP contribution in [-0.2, 0) is 16.6 Å². The van der Waals surface area contributed by atoms with Crippen LogP contribution in [-0.4, -0.2) is 28.2 Å². The van der Waals surface area contributed by atoms with Crippen LogP contribution in [0.15, 0.2) is 29.6 Å². The van der Waals surface area contributed by atoms with E-state index in [1.165, 1.54) is 4.57 Å². The van der Waals surface area contributed by atoms with E-state index in [-0.39, 0.29) is 5.16 Å². The van der Waals surface area contributed by atoms with Crippen LogP contribution in [0.1, 0.15) is 6.92 Å². The van der Waals surface area contributed by atoms with Gasteiger partial charge in [0.2, 0.25) is 0 Å². The Hall–Kier alpha value is -1.80. The molecule has 2 rings (SSSR count). The minimum atomic E-state index is -3.87. The fourth-order valence-corrected chi connectivity index (χ4v) is 2.15. The van der Waals surface area contributed by atoms with Gasteiger partial charge >= 0.3 is 0 Å². The number of nitrogens with two attached hydrogens (primary N) is 1. The van der Waals surface area contributed by atoms with Crippen molar-refractivity contribution in [2.75, 3.05) is 0 Å². The second-order valence-electron chi connectivity index (χ2n) is 3.31. The van der Waals surface area contributed by atoms with Crippen molar-refractivity contribution >= 4 is 10.0 Å². The van der Waals surface area contributed by atoms with Gasteiger partial charge in [-0.25, -0.2) is 13.6 Å². The average molecular weight is 253 g/mol. The maximum atomic E-state index is 11.3. The summed E-state index contributed by atoms with van der Waals surface area (Å²) in [5.41, 5.74) is 0.553. The number of pyridine rings is 1. The summed E-state index contributed by atoms with van der Waals surface area (Å²) in [4.78, 5) is 4.09. The van der Waals surface area contributed by atoms with Gasteiger partial charge in [0.05, 0.1) is 0 Å². The maximum absolute atomic E-state index is 11.3. The van der Waals surface area contributed by atoms with Crippen LogP contribution in [0.3, 0.4) is 0 Å². The fourth-order valence-electron chi connectivity index (χ4n) is 1.47. The molecule has 0 saturated carbocycles. The molecule has 0 aromatic carbocycles. The Labute approximate surface area is 98.4 Å². The molecule has 0 aliphatic heterocycles. The maximum Gasteiger partial charge on any atom is 0.273 e. The lowest BCUT2D eigenvalue weighted by Crippen LogP contribution is -2.18. The van der Waals surface area contributed by atoms with Gasteiger partial charge in [-0.1, -0.05) is 6.07 Å². The van der Waals surface area contributed by atoms with Crippen LogP contribution >= 0.6 is 0 Å². The third kappa shape index (κ3) is 2.17. The monoisotopic (exact) mass is 253 g/mol. The second kappa shape index (κ2) is 4.22. The van der Waals surface area contributed by atoms with E-state index >= 15 is 0 Å². The van der Waals surface area contributed by atoms with E-state index in [4.69, 9.17) is 5.14 Å².